The predicted octanol–water partition coefficient (Wildman–Crippen LogP) is 16.1. The van der Waals surface area contributed by atoms with Crippen LogP contribution in [0.1, 0.15) is 134 Å². The van der Waals surface area contributed by atoms with E-state index in [4.69, 9.17) is 21.4 Å². The Morgan fingerprint density at radius 1 is 0.651 bits per heavy atom. The second-order valence-electron chi connectivity index (χ2n) is 19.1. The zero-order valence-corrected chi connectivity index (χ0v) is 37.9. The van der Waals surface area contributed by atoms with Gasteiger partial charge in [0.15, 0.2) is 0 Å². The fourth-order valence-electron chi connectivity index (χ4n) is 8.22. The second kappa shape index (κ2) is 16.1. The van der Waals surface area contributed by atoms with Crippen molar-refractivity contribution in [2.75, 3.05) is 0 Å². The molecule has 2 heterocycles. The molecule has 0 fully saturated rings. The number of imidazole rings is 1. The summed E-state index contributed by atoms with van der Waals surface area (Å²) in [6, 6.07) is 24.6. The van der Waals surface area contributed by atoms with Crippen LogP contribution in [0.3, 0.4) is 0 Å². The van der Waals surface area contributed by atoms with E-state index < -0.39 is 89.5 Å². The molecule has 4 heteroatoms. The summed E-state index contributed by atoms with van der Waals surface area (Å²) in [7, 11) is 0. The molecule has 4 nitrogen and oxygen atoms in total. The van der Waals surface area contributed by atoms with E-state index in [-0.39, 0.29) is 16.9 Å². The third kappa shape index (κ3) is 8.48. The Morgan fingerprint density at radius 2 is 1.37 bits per heavy atom. The lowest BCUT2D eigenvalue weighted by Crippen LogP contribution is -2.13. The number of para-hydroxylation sites is 1. The van der Waals surface area contributed by atoms with Gasteiger partial charge >= 0.3 is 0 Å². The molecule has 0 aliphatic heterocycles. The van der Waals surface area contributed by atoms with Gasteiger partial charge in [0, 0.05) is 32.6 Å². The Morgan fingerprint density at radius 3 is 2.06 bits per heavy atom. The van der Waals surface area contributed by atoms with Gasteiger partial charge < -0.3 is 5.11 Å². The Bertz CT molecular complexity index is 3660. The van der Waals surface area contributed by atoms with Gasteiger partial charge in [-0.2, -0.15) is 0 Å². The molecule has 8 rings (SSSR count). The van der Waals surface area contributed by atoms with Crippen molar-refractivity contribution in [3.8, 4) is 67.5 Å². The zero-order chi connectivity index (χ0) is 57.2. The van der Waals surface area contributed by atoms with E-state index in [0.717, 1.165) is 40.3 Å². The highest BCUT2D eigenvalue weighted by Crippen LogP contribution is 2.43. The Hall–Kier alpha value is -6.26. The fourth-order valence-corrected chi connectivity index (χ4v) is 8.22. The quantitative estimate of drug-likeness (QED) is 0.174. The molecule has 0 aliphatic carbocycles. The van der Waals surface area contributed by atoms with Crippen LogP contribution in [0, 0.1) is 13.8 Å². The average Bonchev–Trinajstić information content (AvgIpc) is 3.72. The summed E-state index contributed by atoms with van der Waals surface area (Å²) in [5.41, 5.74) is 4.56. The molecule has 0 aliphatic rings. The van der Waals surface area contributed by atoms with Crippen molar-refractivity contribution in [1.82, 2.24) is 14.5 Å². The van der Waals surface area contributed by atoms with Crippen molar-refractivity contribution in [3.05, 3.63) is 167 Å². The summed E-state index contributed by atoms with van der Waals surface area (Å²) in [5.74, 6) is -0.571. The standard InChI is InChI=1S/C59H63N3O/c1-36(2)49-35-45(25-26-47(49)48-17-14-15-19-51(48)59(11,12)13)62-53-20-16-18-46(54(53)61-56(62)50-30-37(3)29-38(4)55(50)63)41-31-42(33-44(32-41)58(8,9)10)52-34-40(27-28-60-52)39-21-23-43(24-22-39)57(5,6)7/h14-36,63H,1-13H3/i5D3,6D3,21D,22D,23D,24D,27D,28D,34D,36D. The number of pyridine rings is 1. The first-order valence-corrected chi connectivity index (χ1v) is 21.2. The highest BCUT2D eigenvalue weighted by molar-refractivity contribution is 5.97. The monoisotopic (exact) mass is 844 g/mol. The number of benzene rings is 6. The van der Waals surface area contributed by atoms with Crippen LogP contribution in [0.4, 0.5) is 0 Å². The predicted molar refractivity (Wildman–Crippen MR) is 267 cm³/mol. The largest absolute Gasteiger partial charge is 0.507 e. The van der Waals surface area contributed by atoms with Gasteiger partial charge in [0.25, 0.3) is 0 Å². The van der Waals surface area contributed by atoms with Crippen LogP contribution in [-0.4, -0.2) is 19.6 Å². The van der Waals surface area contributed by atoms with Gasteiger partial charge in [-0.1, -0.05) is 155 Å². The third-order valence-electron chi connectivity index (χ3n) is 11.5. The number of aromatic hydroxyl groups is 1. The highest BCUT2D eigenvalue weighted by atomic mass is 16.3. The van der Waals surface area contributed by atoms with Crippen molar-refractivity contribution in [3.63, 3.8) is 0 Å². The van der Waals surface area contributed by atoms with E-state index in [1.54, 1.807) is 12.1 Å². The summed E-state index contributed by atoms with van der Waals surface area (Å²) in [6.07, 6.45) is -0.647. The summed E-state index contributed by atoms with van der Waals surface area (Å²) >= 11 is 0. The van der Waals surface area contributed by atoms with Crippen LogP contribution < -0.4 is 0 Å². The van der Waals surface area contributed by atoms with Crippen LogP contribution in [0.2, 0.25) is 0 Å². The van der Waals surface area contributed by atoms with Crippen molar-refractivity contribution in [2.45, 2.75) is 112 Å². The van der Waals surface area contributed by atoms with Gasteiger partial charge in [0.1, 0.15) is 11.6 Å². The highest BCUT2D eigenvalue weighted by Gasteiger charge is 2.25. The number of hydrogen-bond acceptors (Lipinski definition) is 3. The lowest BCUT2D eigenvalue weighted by molar-refractivity contribution is 0.472. The SMILES string of the molecule is [2H]c1nc(-c2cc(-c3cccc4c3nc(-c3cc(C)cc(C)c3O)n4-c3ccc(-c4ccccc4C(C)(C)C)c(C([2H])(C)C)c3)cc(C(C)(C)C)c2)c([2H])c(-c2c([2H])c([2H])c(C(C)(C([2H])([2H])[2H])C([2H])([2H])[2H])c([2H])c2[2H])c1[2H]. The summed E-state index contributed by atoms with van der Waals surface area (Å²) in [5, 5.41) is 11.9. The maximum absolute atomic E-state index is 11.9. The molecule has 0 amide bonds. The molecule has 1 N–H and O–H groups in total. The Labute approximate surface area is 395 Å². The molecule has 320 valence electrons. The topological polar surface area (TPSA) is 50.9 Å². The van der Waals surface area contributed by atoms with E-state index in [0.29, 0.717) is 50.4 Å². The molecular weight excluding hydrogens is 767 g/mol. The smallest absolute Gasteiger partial charge is 0.149 e. The van der Waals surface area contributed by atoms with Crippen LogP contribution in [0.15, 0.2) is 133 Å². The molecule has 0 saturated heterocycles. The first-order valence-electron chi connectivity index (χ1n) is 28.2. The van der Waals surface area contributed by atoms with E-state index in [1.165, 1.54) is 0 Å². The van der Waals surface area contributed by atoms with Gasteiger partial charge in [-0.3, -0.25) is 9.55 Å². The number of aryl methyl sites for hydroxylation is 2. The fraction of sp³-hybridized carbons (Fsp3) is 0.288. The molecule has 6 aromatic carbocycles. The molecule has 8 aromatic rings. The lowest BCUT2D eigenvalue weighted by atomic mass is 9.80. The number of hydrogen-bond donors (Lipinski definition) is 1. The molecule has 0 radical (unpaired) electrons. The van der Waals surface area contributed by atoms with Crippen molar-refractivity contribution >= 4 is 11.0 Å². The van der Waals surface area contributed by atoms with E-state index in [1.807, 2.05) is 114 Å². The maximum Gasteiger partial charge on any atom is 0.149 e. The van der Waals surface area contributed by atoms with Crippen molar-refractivity contribution in [1.29, 1.82) is 0 Å². The lowest BCUT2D eigenvalue weighted by Gasteiger charge is -2.25. The Kier molecular flexibility index (Phi) is 7.47. The first-order chi connectivity index (χ1) is 35.4. The van der Waals surface area contributed by atoms with E-state index in [2.05, 4.69) is 44.0 Å². The van der Waals surface area contributed by atoms with Gasteiger partial charge in [0.05, 0.1) is 31.9 Å². The van der Waals surface area contributed by atoms with Gasteiger partial charge in [-0.05, 0) is 146 Å². The van der Waals surface area contributed by atoms with Gasteiger partial charge in [-0.25, -0.2) is 4.98 Å². The van der Waals surface area contributed by atoms with E-state index >= 15 is 0 Å². The average molecular weight is 844 g/mol. The third-order valence-corrected chi connectivity index (χ3v) is 11.5. The van der Waals surface area contributed by atoms with Gasteiger partial charge in [-0.15, -0.1) is 0 Å². The van der Waals surface area contributed by atoms with Crippen LogP contribution in [-0.2, 0) is 16.2 Å². The summed E-state index contributed by atoms with van der Waals surface area (Å²) in [6.45, 7) is 14.3. The molecule has 0 atom stereocenters. The number of nitrogens with zero attached hydrogens (tertiary/aromatic N) is 3. The minimum atomic E-state index is -3.31. The molecule has 0 saturated carbocycles. The first kappa shape index (κ1) is 29.2. The normalized spacial score (nSPS) is 16.2. The number of rotatable bonds is 7. The molecule has 0 unspecified atom stereocenters. The number of phenolic OH excluding ortho intramolecular Hbond substituents is 1. The van der Waals surface area contributed by atoms with Gasteiger partial charge in [0.2, 0.25) is 0 Å². The summed E-state index contributed by atoms with van der Waals surface area (Å²) < 4.78 is 125. The Balaban J connectivity index is 1.41. The van der Waals surface area contributed by atoms with Crippen molar-refractivity contribution in [2.24, 2.45) is 0 Å². The summed E-state index contributed by atoms with van der Waals surface area (Å²) in [4.78, 5) is 9.82. The second-order valence-corrected chi connectivity index (χ2v) is 19.1. The van der Waals surface area contributed by atoms with Crippen molar-refractivity contribution < 1.29 is 24.3 Å². The molecule has 0 bridgehead atoms. The maximum atomic E-state index is 11.9. The zero-order valence-electron chi connectivity index (χ0n) is 51.9. The molecular formula is C59H63N3O. The molecule has 0 spiro atoms. The molecule has 63 heavy (non-hydrogen) atoms. The molecule has 2 aromatic heterocycles. The number of phenols is 1. The number of fused-ring (bicyclic) bond motifs is 1. The minimum Gasteiger partial charge on any atom is -0.507 e. The number of aromatic nitrogens is 3. The minimum absolute atomic E-state index is 0.0522. The van der Waals surface area contributed by atoms with Crippen LogP contribution in [0.25, 0.3) is 72.7 Å². The van der Waals surface area contributed by atoms with Crippen LogP contribution in [0.5, 0.6) is 5.75 Å². The van der Waals surface area contributed by atoms with Crippen LogP contribution >= 0.6 is 0 Å². The van der Waals surface area contributed by atoms with E-state index in [9.17, 15) is 7.85 Å².